The Bertz CT molecular complexity index is 644. The van der Waals surface area contributed by atoms with Crippen LogP contribution in [0.15, 0.2) is 42.6 Å². The van der Waals surface area contributed by atoms with E-state index in [4.69, 9.17) is 5.26 Å². The molecule has 0 saturated heterocycles. The molecule has 0 unspecified atom stereocenters. The van der Waals surface area contributed by atoms with Gasteiger partial charge in [0.05, 0.1) is 17.2 Å². The molecular weight excluding hydrogens is 238 g/mol. The highest BCUT2D eigenvalue weighted by molar-refractivity contribution is 5.95. The molecule has 4 nitrogen and oxygen atoms in total. The number of nitrogens with zero attached hydrogens (tertiary/aromatic N) is 2. The summed E-state index contributed by atoms with van der Waals surface area (Å²) >= 11 is 0. The number of rotatable bonds is 3. The van der Waals surface area contributed by atoms with E-state index in [0.29, 0.717) is 23.4 Å². The Morgan fingerprint density at radius 2 is 2.21 bits per heavy atom. The summed E-state index contributed by atoms with van der Waals surface area (Å²) in [7, 11) is 0. The molecule has 0 bridgehead atoms. The van der Waals surface area contributed by atoms with Gasteiger partial charge in [-0.25, -0.2) is 0 Å². The molecule has 0 atom stereocenters. The molecule has 0 spiro atoms. The van der Waals surface area contributed by atoms with Crippen LogP contribution in [0.1, 0.15) is 27.2 Å². The first-order chi connectivity index (χ1) is 9.20. The van der Waals surface area contributed by atoms with Gasteiger partial charge < -0.3 is 5.32 Å². The minimum atomic E-state index is -0.159. The predicted octanol–water partition coefficient (Wildman–Crippen LogP) is 2.19. The number of nitriles is 1. The fourth-order valence-electron chi connectivity index (χ4n) is 1.75. The van der Waals surface area contributed by atoms with Gasteiger partial charge in [-0.3, -0.25) is 9.78 Å². The number of hydrogen-bond donors (Lipinski definition) is 1. The molecule has 1 aromatic heterocycles. The second kappa shape index (κ2) is 5.78. The minimum absolute atomic E-state index is 0.159. The molecule has 0 fully saturated rings. The van der Waals surface area contributed by atoms with Crippen molar-refractivity contribution in [3.63, 3.8) is 0 Å². The maximum Gasteiger partial charge on any atom is 0.253 e. The number of hydrogen-bond acceptors (Lipinski definition) is 3. The molecule has 1 N–H and O–H groups in total. The molecule has 0 aliphatic heterocycles. The molecular formula is C15H13N3O. The second-order valence-electron chi connectivity index (χ2n) is 4.13. The average Bonchev–Trinajstić information content (AvgIpc) is 2.45. The van der Waals surface area contributed by atoms with Crippen molar-refractivity contribution in [2.45, 2.75) is 13.5 Å². The summed E-state index contributed by atoms with van der Waals surface area (Å²) in [5.74, 6) is -0.159. The van der Waals surface area contributed by atoms with Crippen molar-refractivity contribution in [2.75, 3.05) is 0 Å². The van der Waals surface area contributed by atoms with Crippen LogP contribution in [0.25, 0.3) is 0 Å². The second-order valence-corrected chi connectivity index (χ2v) is 4.13. The van der Waals surface area contributed by atoms with Gasteiger partial charge in [-0.1, -0.05) is 12.1 Å². The first-order valence-corrected chi connectivity index (χ1v) is 5.89. The van der Waals surface area contributed by atoms with E-state index < -0.39 is 0 Å². The smallest absolute Gasteiger partial charge is 0.253 e. The first-order valence-electron chi connectivity index (χ1n) is 5.89. The summed E-state index contributed by atoms with van der Waals surface area (Å²) in [6.45, 7) is 2.19. The largest absolute Gasteiger partial charge is 0.348 e. The molecule has 2 rings (SSSR count). The number of pyridine rings is 1. The molecule has 2 aromatic rings. The highest BCUT2D eigenvalue weighted by Crippen LogP contribution is 2.06. The van der Waals surface area contributed by atoms with Crippen molar-refractivity contribution >= 4 is 5.91 Å². The van der Waals surface area contributed by atoms with Crippen molar-refractivity contribution in [3.05, 3.63) is 65.0 Å². The lowest BCUT2D eigenvalue weighted by molar-refractivity contribution is 0.0950. The van der Waals surface area contributed by atoms with E-state index in [1.807, 2.05) is 6.07 Å². The minimum Gasteiger partial charge on any atom is -0.348 e. The summed E-state index contributed by atoms with van der Waals surface area (Å²) in [6.07, 6.45) is 1.66. The van der Waals surface area contributed by atoms with E-state index in [9.17, 15) is 4.79 Å². The topological polar surface area (TPSA) is 65.8 Å². The number of nitrogens with one attached hydrogen (secondary N) is 1. The molecule has 1 heterocycles. The Hall–Kier alpha value is -2.67. The van der Waals surface area contributed by atoms with Crippen LogP contribution in [0.3, 0.4) is 0 Å². The third-order valence-corrected chi connectivity index (χ3v) is 2.76. The maximum absolute atomic E-state index is 12.0. The summed E-state index contributed by atoms with van der Waals surface area (Å²) in [5, 5.41) is 11.6. The number of aromatic nitrogens is 1. The van der Waals surface area contributed by atoms with Crippen LogP contribution in [-0.2, 0) is 6.54 Å². The van der Waals surface area contributed by atoms with Crippen molar-refractivity contribution in [1.29, 1.82) is 5.26 Å². The van der Waals surface area contributed by atoms with Gasteiger partial charge in [0, 0.05) is 18.4 Å². The van der Waals surface area contributed by atoms with E-state index in [-0.39, 0.29) is 5.91 Å². The van der Waals surface area contributed by atoms with Crippen LogP contribution >= 0.6 is 0 Å². The van der Waals surface area contributed by atoms with Crippen LogP contribution in [0, 0.1) is 18.3 Å². The fraction of sp³-hybridized carbons (Fsp3) is 0.133. The van der Waals surface area contributed by atoms with Crippen LogP contribution in [-0.4, -0.2) is 10.9 Å². The van der Waals surface area contributed by atoms with E-state index in [2.05, 4.69) is 16.4 Å². The van der Waals surface area contributed by atoms with Gasteiger partial charge in [-0.05, 0) is 36.8 Å². The Kier molecular flexibility index (Phi) is 3.89. The first kappa shape index (κ1) is 12.8. The van der Waals surface area contributed by atoms with E-state index in [1.54, 1.807) is 43.5 Å². The molecule has 1 aromatic carbocycles. The lowest BCUT2D eigenvalue weighted by Crippen LogP contribution is -2.23. The standard InChI is InChI=1S/C15H13N3O/c1-11-14(6-3-7-17-11)15(19)18-10-13-5-2-4-12(8-13)9-16/h2-8H,10H2,1H3,(H,18,19). The van der Waals surface area contributed by atoms with Gasteiger partial charge in [-0.2, -0.15) is 5.26 Å². The molecule has 94 valence electrons. The molecule has 1 amide bonds. The molecule has 0 radical (unpaired) electrons. The zero-order chi connectivity index (χ0) is 13.7. The Labute approximate surface area is 111 Å². The third-order valence-electron chi connectivity index (χ3n) is 2.76. The Morgan fingerprint density at radius 3 is 2.95 bits per heavy atom. The third kappa shape index (κ3) is 3.17. The highest BCUT2D eigenvalue weighted by Gasteiger charge is 2.08. The summed E-state index contributed by atoms with van der Waals surface area (Å²) in [6, 6.07) is 12.7. The van der Waals surface area contributed by atoms with Gasteiger partial charge in [0.2, 0.25) is 0 Å². The van der Waals surface area contributed by atoms with Gasteiger partial charge in [0.1, 0.15) is 0 Å². The van der Waals surface area contributed by atoms with Crippen LogP contribution in [0.5, 0.6) is 0 Å². The monoisotopic (exact) mass is 251 g/mol. The average molecular weight is 251 g/mol. The van der Waals surface area contributed by atoms with Crippen LogP contribution in [0.2, 0.25) is 0 Å². The normalized spacial score (nSPS) is 9.68. The summed E-state index contributed by atoms with van der Waals surface area (Å²) < 4.78 is 0. The molecule has 19 heavy (non-hydrogen) atoms. The van der Waals surface area contributed by atoms with E-state index in [1.165, 1.54) is 0 Å². The number of carbonyl (C=O) groups is 1. The summed E-state index contributed by atoms with van der Waals surface area (Å²) in [4.78, 5) is 16.1. The van der Waals surface area contributed by atoms with Gasteiger partial charge >= 0.3 is 0 Å². The van der Waals surface area contributed by atoms with Crippen molar-refractivity contribution < 1.29 is 4.79 Å². The SMILES string of the molecule is Cc1ncccc1C(=O)NCc1cccc(C#N)c1. The van der Waals surface area contributed by atoms with Gasteiger partial charge in [0.15, 0.2) is 0 Å². The molecule has 4 heteroatoms. The van der Waals surface area contributed by atoms with Crippen LogP contribution in [0.4, 0.5) is 0 Å². The van der Waals surface area contributed by atoms with Crippen LogP contribution < -0.4 is 5.32 Å². The van der Waals surface area contributed by atoms with Crippen molar-refractivity contribution in [1.82, 2.24) is 10.3 Å². The fourth-order valence-corrected chi connectivity index (χ4v) is 1.75. The lowest BCUT2D eigenvalue weighted by Gasteiger charge is -2.07. The quantitative estimate of drug-likeness (QED) is 0.909. The molecule has 0 saturated carbocycles. The zero-order valence-corrected chi connectivity index (χ0v) is 10.6. The lowest BCUT2D eigenvalue weighted by atomic mass is 10.1. The number of amides is 1. The maximum atomic E-state index is 12.0. The number of aryl methyl sites for hydroxylation is 1. The highest BCUT2D eigenvalue weighted by atomic mass is 16.1. The molecule has 0 aliphatic carbocycles. The van der Waals surface area contributed by atoms with E-state index in [0.717, 1.165) is 5.56 Å². The van der Waals surface area contributed by atoms with Crippen molar-refractivity contribution in [3.8, 4) is 6.07 Å². The van der Waals surface area contributed by atoms with Gasteiger partial charge in [-0.15, -0.1) is 0 Å². The number of benzene rings is 1. The van der Waals surface area contributed by atoms with E-state index >= 15 is 0 Å². The Balaban J connectivity index is 2.05. The predicted molar refractivity (Wildman–Crippen MR) is 71.3 cm³/mol. The van der Waals surface area contributed by atoms with Gasteiger partial charge in [0.25, 0.3) is 5.91 Å². The summed E-state index contributed by atoms with van der Waals surface area (Å²) in [5.41, 5.74) is 2.75. The Morgan fingerprint density at radius 1 is 1.37 bits per heavy atom. The molecule has 0 aliphatic rings. The zero-order valence-electron chi connectivity index (χ0n) is 10.6. The number of carbonyl (C=O) groups excluding carboxylic acids is 1. The van der Waals surface area contributed by atoms with Crippen molar-refractivity contribution in [2.24, 2.45) is 0 Å².